The number of benzene rings is 2. The first-order valence-electron chi connectivity index (χ1n) is 13.2. The summed E-state index contributed by atoms with van der Waals surface area (Å²) in [5.74, 6) is -3.33. The summed E-state index contributed by atoms with van der Waals surface area (Å²) in [5, 5.41) is 0. The first-order valence-corrected chi connectivity index (χ1v) is 13.2. The van der Waals surface area contributed by atoms with Crippen molar-refractivity contribution in [2.24, 2.45) is 0 Å². The lowest BCUT2D eigenvalue weighted by molar-refractivity contribution is -0.0946. The summed E-state index contributed by atoms with van der Waals surface area (Å²) in [6.07, 6.45) is 4.85. The molecule has 0 aliphatic carbocycles. The molecule has 2 aliphatic heterocycles. The normalized spacial score (nSPS) is 21.6. The molecule has 3 nitrogen and oxygen atoms in total. The summed E-state index contributed by atoms with van der Waals surface area (Å²) in [5.41, 5.74) is 4.69. The Bertz CT molecular complexity index is 909. The van der Waals surface area contributed by atoms with E-state index in [1.807, 2.05) is 30.3 Å². The molecule has 0 saturated carbocycles. The maximum Gasteiger partial charge on any atom is 0.267 e. The second kappa shape index (κ2) is 11.1. The summed E-state index contributed by atoms with van der Waals surface area (Å²) in [4.78, 5) is 6.97. The molecule has 186 valence electrons. The number of hydrogen-bond donors (Lipinski definition) is 0. The molecule has 0 spiro atoms. The number of alkyl halides is 2. The van der Waals surface area contributed by atoms with Gasteiger partial charge in [-0.05, 0) is 75.4 Å². The highest BCUT2D eigenvalue weighted by Crippen LogP contribution is 2.41. The summed E-state index contributed by atoms with van der Waals surface area (Å²) in [7, 11) is 0. The second-order valence-corrected chi connectivity index (χ2v) is 10.1. The third-order valence-electron chi connectivity index (χ3n) is 7.86. The van der Waals surface area contributed by atoms with Crippen LogP contribution < -0.4 is 9.80 Å². The number of piperidine rings is 2. The number of aryl methyl sites for hydroxylation is 1. The van der Waals surface area contributed by atoms with Crippen molar-refractivity contribution in [1.82, 2.24) is 4.90 Å². The highest BCUT2D eigenvalue weighted by Gasteiger charge is 2.46. The molecule has 2 aromatic carbocycles. The monoisotopic (exact) mass is 469 g/mol. The molecule has 5 heteroatoms. The molecule has 2 saturated heterocycles. The van der Waals surface area contributed by atoms with E-state index in [4.69, 9.17) is 0 Å². The van der Waals surface area contributed by atoms with Gasteiger partial charge in [-0.1, -0.05) is 43.7 Å². The smallest absolute Gasteiger partial charge is 0.267 e. The van der Waals surface area contributed by atoms with Gasteiger partial charge in [-0.3, -0.25) is 4.90 Å². The number of halogens is 2. The van der Waals surface area contributed by atoms with Gasteiger partial charge < -0.3 is 9.80 Å². The number of rotatable bonds is 8. The van der Waals surface area contributed by atoms with Gasteiger partial charge in [0.1, 0.15) is 0 Å². The Morgan fingerprint density at radius 3 is 2.32 bits per heavy atom. The second-order valence-electron chi connectivity index (χ2n) is 10.1. The molecule has 0 bridgehead atoms. The van der Waals surface area contributed by atoms with Crippen LogP contribution in [0, 0.1) is 6.92 Å². The van der Waals surface area contributed by atoms with E-state index in [2.05, 4.69) is 53.7 Å². The van der Waals surface area contributed by atoms with Crippen LogP contribution in [0.5, 0.6) is 0 Å². The Morgan fingerprint density at radius 2 is 1.71 bits per heavy atom. The molecule has 0 N–H and O–H groups in total. The van der Waals surface area contributed by atoms with Gasteiger partial charge >= 0.3 is 0 Å². The van der Waals surface area contributed by atoms with Crippen LogP contribution >= 0.6 is 0 Å². The van der Waals surface area contributed by atoms with Crippen molar-refractivity contribution in [2.75, 3.05) is 49.1 Å². The Hall–Kier alpha value is -2.14. The summed E-state index contributed by atoms with van der Waals surface area (Å²) < 4.78 is 30.2. The number of anilines is 2. The highest BCUT2D eigenvalue weighted by molar-refractivity contribution is 5.61. The van der Waals surface area contributed by atoms with Crippen LogP contribution in [-0.2, 0) is 0 Å². The molecule has 2 fully saturated rings. The molecule has 0 aromatic heterocycles. The van der Waals surface area contributed by atoms with Crippen molar-refractivity contribution >= 4 is 11.4 Å². The standard InChI is InChI=1S/C29H41F2N3/c1-4-6-17-32(5-2)28-13-12-26(21-23(28)3)33-18-14-25(15-19-33)34-20-16-27(29(30,31)22-34)24-10-8-7-9-11-24/h7-13,21,25,27H,4-6,14-20,22H2,1-3H3. The third-order valence-corrected chi connectivity index (χ3v) is 7.86. The van der Waals surface area contributed by atoms with Crippen LogP contribution in [0.4, 0.5) is 20.2 Å². The predicted molar refractivity (Wildman–Crippen MR) is 140 cm³/mol. The van der Waals surface area contributed by atoms with Gasteiger partial charge in [-0.15, -0.1) is 0 Å². The van der Waals surface area contributed by atoms with E-state index in [-0.39, 0.29) is 12.6 Å². The fraction of sp³-hybridized carbons (Fsp3) is 0.586. The van der Waals surface area contributed by atoms with E-state index in [0.717, 1.165) is 51.1 Å². The number of nitrogens with zero attached hydrogens (tertiary/aromatic N) is 3. The topological polar surface area (TPSA) is 9.72 Å². The van der Waals surface area contributed by atoms with Crippen LogP contribution in [0.15, 0.2) is 48.5 Å². The first-order chi connectivity index (χ1) is 16.4. The van der Waals surface area contributed by atoms with Crippen LogP contribution in [0.3, 0.4) is 0 Å². The Morgan fingerprint density at radius 1 is 0.971 bits per heavy atom. The van der Waals surface area contributed by atoms with Crippen LogP contribution in [0.1, 0.15) is 63.0 Å². The minimum absolute atomic E-state index is 0.115. The molecule has 2 heterocycles. The fourth-order valence-electron chi connectivity index (χ4n) is 5.85. The average molecular weight is 470 g/mol. The maximum atomic E-state index is 15.1. The van der Waals surface area contributed by atoms with E-state index < -0.39 is 11.8 Å². The molecule has 0 radical (unpaired) electrons. The molecule has 1 unspecified atom stereocenters. The first kappa shape index (κ1) is 25.0. The van der Waals surface area contributed by atoms with Crippen molar-refractivity contribution in [3.05, 3.63) is 59.7 Å². The summed E-state index contributed by atoms with van der Waals surface area (Å²) in [6.45, 7) is 11.3. The summed E-state index contributed by atoms with van der Waals surface area (Å²) in [6, 6.07) is 16.4. The zero-order chi connectivity index (χ0) is 24.1. The highest BCUT2D eigenvalue weighted by atomic mass is 19.3. The number of likely N-dealkylation sites (tertiary alicyclic amines) is 1. The minimum Gasteiger partial charge on any atom is -0.372 e. The molecule has 1 atom stereocenters. The lowest BCUT2D eigenvalue weighted by Gasteiger charge is -2.45. The number of hydrogen-bond acceptors (Lipinski definition) is 3. The Kier molecular flexibility index (Phi) is 8.13. The van der Waals surface area contributed by atoms with Crippen molar-refractivity contribution in [3.63, 3.8) is 0 Å². The SMILES string of the molecule is CCCCN(CC)c1ccc(N2CCC(N3CCC(c4ccccc4)C(F)(F)C3)CC2)cc1C. The van der Waals surface area contributed by atoms with Gasteiger partial charge in [-0.25, -0.2) is 8.78 Å². The fourth-order valence-corrected chi connectivity index (χ4v) is 5.85. The molecular weight excluding hydrogens is 428 g/mol. The maximum absolute atomic E-state index is 15.1. The third kappa shape index (κ3) is 5.56. The van der Waals surface area contributed by atoms with Gasteiger partial charge in [0.15, 0.2) is 0 Å². The van der Waals surface area contributed by atoms with Gasteiger partial charge in [0, 0.05) is 43.6 Å². The lowest BCUT2D eigenvalue weighted by Crippen LogP contribution is -2.54. The van der Waals surface area contributed by atoms with E-state index in [0.29, 0.717) is 6.42 Å². The lowest BCUT2D eigenvalue weighted by atomic mass is 9.85. The van der Waals surface area contributed by atoms with Gasteiger partial charge in [-0.2, -0.15) is 0 Å². The molecule has 34 heavy (non-hydrogen) atoms. The zero-order valence-corrected chi connectivity index (χ0v) is 21.1. The predicted octanol–water partition coefficient (Wildman–Crippen LogP) is 6.72. The van der Waals surface area contributed by atoms with Crippen molar-refractivity contribution in [1.29, 1.82) is 0 Å². The zero-order valence-electron chi connectivity index (χ0n) is 21.1. The van der Waals surface area contributed by atoms with E-state index in [1.165, 1.54) is 29.8 Å². The summed E-state index contributed by atoms with van der Waals surface area (Å²) >= 11 is 0. The average Bonchev–Trinajstić information content (AvgIpc) is 2.85. The molecule has 0 amide bonds. The van der Waals surface area contributed by atoms with Crippen molar-refractivity contribution < 1.29 is 8.78 Å². The molecule has 4 rings (SSSR count). The minimum atomic E-state index is -2.67. The van der Waals surface area contributed by atoms with Gasteiger partial charge in [0.2, 0.25) is 0 Å². The van der Waals surface area contributed by atoms with E-state index in [9.17, 15) is 0 Å². The Labute approximate surface area is 204 Å². The van der Waals surface area contributed by atoms with E-state index >= 15 is 8.78 Å². The van der Waals surface area contributed by atoms with E-state index in [1.54, 1.807) is 0 Å². The van der Waals surface area contributed by atoms with Crippen LogP contribution in [0.2, 0.25) is 0 Å². The molecule has 2 aliphatic rings. The molecule has 2 aromatic rings. The largest absolute Gasteiger partial charge is 0.372 e. The van der Waals surface area contributed by atoms with Crippen LogP contribution in [-0.4, -0.2) is 56.1 Å². The van der Waals surface area contributed by atoms with Crippen LogP contribution in [0.25, 0.3) is 0 Å². The Balaban J connectivity index is 1.34. The van der Waals surface area contributed by atoms with Gasteiger partial charge in [0.25, 0.3) is 5.92 Å². The quantitative estimate of drug-likeness (QED) is 0.425. The molecular formula is C29H41F2N3. The number of unbranched alkanes of at least 4 members (excludes halogenated alkanes) is 1. The van der Waals surface area contributed by atoms with Crippen molar-refractivity contribution in [2.45, 2.75) is 70.8 Å². The van der Waals surface area contributed by atoms with Gasteiger partial charge in [0.05, 0.1) is 12.5 Å². The van der Waals surface area contributed by atoms with Crippen molar-refractivity contribution in [3.8, 4) is 0 Å².